The highest BCUT2D eigenvalue weighted by molar-refractivity contribution is 5.92. The molecule has 1 saturated carbocycles. The topological polar surface area (TPSA) is 47.6 Å². The third kappa shape index (κ3) is 5.14. The number of benzene rings is 1. The van der Waals surface area contributed by atoms with Gasteiger partial charge in [0.1, 0.15) is 0 Å². The molecule has 1 aromatic rings. The van der Waals surface area contributed by atoms with E-state index in [0.29, 0.717) is 18.4 Å². The van der Waals surface area contributed by atoms with Crippen molar-refractivity contribution in [3.05, 3.63) is 29.8 Å². The van der Waals surface area contributed by atoms with Gasteiger partial charge in [-0.3, -0.25) is 4.79 Å². The zero-order valence-electron chi connectivity index (χ0n) is 12.7. The highest BCUT2D eigenvalue weighted by Crippen LogP contribution is 2.28. The van der Waals surface area contributed by atoms with Crippen molar-refractivity contribution in [3.63, 3.8) is 0 Å². The Morgan fingerprint density at radius 3 is 2.86 bits per heavy atom. The lowest BCUT2D eigenvalue weighted by Crippen LogP contribution is -2.22. The molecule has 0 heterocycles. The van der Waals surface area contributed by atoms with Gasteiger partial charge in [-0.1, -0.05) is 19.4 Å². The van der Waals surface area contributed by atoms with Crippen LogP contribution in [0.1, 0.15) is 38.2 Å². The van der Waals surface area contributed by atoms with E-state index in [1.54, 1.807) is 19.3 Å². The first-order valence-corrected chi connectivity index (χ1v) is 7.52. The molecule has 1 aromatic carbocycles. The lowest BCUT2D eigenvalue weighted by molar-refractivity contribution is -0.116. The Labute approximate surface area is 126 Å². The molecule has 0 spiro atoms. The van der Waals surface area contributed by atoms with Crippen LogP contribution in [0.5, 0.6) is 11.5 Å². The largest absolute Gasteiger partial charge is 0.493 e. The van der Waals surface area contributed by atoms with E-state index in [1.807, 2.05) is 18.2 Å². The first kappa shape index (κ1) is 15.4. The quantitative estimate of drug-likeness (QED) is 0.590. The van der Waals surface area contributed by atoms with E-state index >= 15 is 0 Å². The van der Waals surface area contributed by atoms with E-state index < -0.39 is 0 Å². The van der Waals surface area contributed by atoms with Crippen molar-refractivity contribution in [1.82, 2.24) is 5.32 Å². The van der Waals surface area contributed by atoms with Gasteiger partial charge in [0.25, 0.3) is 0 Å². The molecule has 4 nitrogen and oxygen atoms in total. The Balaban J connectivity index is 1.96. The maximum Gasteiger partial charge on any atom is 0.244 e. The number of amides is 1. The molecule has 1 fully saturated rings. The molecule has 1 amide bonds. The Morgan fingerprint density at radius 2 is 2.19 bits per heavy atom. The first-order valence-electron chi connectivity index (χ1n) is 7.52. The van der Waals surface area contributed by atoms with Gasteiger partial charge in [-0.25, -0.2) is 0 Å². The van der Waals surface area contributed by atoms with E-state index in [2.05, 4.69) is 12.2 Å². The molecule has 0 radical (unpaired) electrons. The summed E-state index contributed by atoms with van der Waals surface area (Å²) in [5.41, 5.74) is 0.917. The summed E-state index contributed by atoms with van der Waals surface area (Å²) in [6.07, 6.45) is 7.65. The molecule has 0 saturated heterocycles. The average molecular weight is 289 g/mol. The summed E-state index contributed by atoms with van der Waals surface area (Å²) in [7, 11) is 1.62. The molecule has 0 atom stereocenters. The third-order valence-corrected chi connectivity index (χ3v) is 3.29. The van der Waals surface area contributed by atoms with E-state index in [9.17, 15) is 4.79 Å². The Bertz CT molecular complexity index is 507. The second-order valence-corrected chi connectivity index (χ2v) is 5.23. The Morgan fingerprint density at radius 1 is 1.38 bits per heavy atom. The molecule has 1 aliphatic rings. The minimum Gasteiger partial charge on any atom is -0.493 e. The van der Waals surface area contributed by atoms with Crippen molar-refractivity contribution >= 4 is 12.0 Å². The van der Waals surface area contributed by atoms with Gasteiger partial charge in [0, 0.05) is 12.1 Å². The predicted molar refractivity (Wildman–Crippen MR) is 83.6 cm³/mol. The maximum absolute atomic E-state index is 11.6. The highest BCUT2D eigenvalue weighted by Gasteiger charge is 2.21. The number of nitrogens with one attached hydrogen (secondary N) is 1. The summed E-state index contributed by atoms with van der Waals surface area (Å²) in [5, 5.41) is 2.92. The molecule has 21 heavy (non-hydrogen) atoms. The van der Waals surface area contributed by atoms with Crippen molar-refractivity contribution in [2.75, 3.05) is 13.7 Å². The maximum atomic E-state index is 11.6. The van der Waals surface area contributed by atoms with Crippen LogP contribution in [0.4, 0.5) is 0 Å². The third-order valence-electron chi connectivity index (χ3n) is 3.29. The van der Waals surface area contributed by atoms with Crippen molar-refractivity contribution in [3.8, 4) is 11.5 Å². The second-order valence-electron chi connectivity index (χ2n) is 5.23. The van der Waals surface area contributed by atoms with Crippen LogP contribution in [0.25, 0.3) is 6.08 Å². The van der Waals surface area contributed by atoms with Gasteiger partial charge in [-0.15, -0.1) is 0 Å². The molecule has 0 unspecified atom stereocenters. The lowest BCUT2D eigenvalue weighted by Gasteiger charge is -2.10. The molecule has 0 aliphatic heterocycles. The van der Waals surface area contributed by atoms with Crippen molar-refractivity contribution in [2.24, 2.45) is 0 Å². The van der Waals surface area contributed by atoms with Gasteiger partial charge in [0.15, 0.2) is 11.5 Å². The molecule has 2 rings (SSSR count). The van der Waals surface area contributed by atoms with Crippen LogP contribution in [-0.2, 0) is 4.79 Å². The molecular weight excluding hydrogens is 266 g/mol. The average Bonchev–Trinajstić information content (AvgIpc) is 3.30. The first-order chi connectivity index (χ1) is 10.2. The van der Waals surface area contributed by atoms with Crippen LogP contribution in [0, 0.1) is 0 Å². The lowest BCUT2D eigenvalue weighted by atomic mass is 10.2. The fourth-order valence-corrected chi connectivity index (χ4v) is 1.88. The fourth-order valence-electron chi connectivity index (χ4n) is 1.88. The second kappa shape index (κ2) is 7.72. The molecule has 0 aromatic heterocycles. The van der Waals surface area contributed by atoms with Gasteiger partial charge in [-0.2, -0.15) is 0 Å². The highest BCUT2D eigenvalue weighted by atomic mass is 16.5. The minimum absolute atomic E-state index is 0.0419. The van der Waals surface area contributed by atoms with Crippen LogP contribution in [0.2, 0.25) is 0 Å². The van der Waals surface area contributed by atoms with Crippen LogP contribution in [0.3, 0.4) is 0 Å². The number of ether oxygens (including phenoxy) is 2. The van der Waals surface area contributed by atoms with Crippen LogP contribution < -0.4 is 14.8 Å². The molecule has 1 N–H and O–H groups in total. The standard InChI is InChI=1S/C17H23NO3/c1-3-4-11-21-15-9-5-13(12-16(15)20-2)6-10-17(19)18-14-7-8-14/h5-6,9-10,12,14H,3-4,7-8,11H2,1-2H3,(H,18,19)/b10-6+. The number of carbonyl (C=O) groups is 1. The summed E-state index contributed by atoms with van der Waals surface area (Å²) in [6, 6.07) is 6.06. The fraction of sp³-hybridized carbons (Fsp3) is 0.471. The van der Waals surface area contributed by atoms with Gasteiger partial charge in [0.2, 0.25) is 5.91 Å². The predicted octanol–water partition coefficient (Wildman–Crippen LogP) is 3.17. The summed E-state index contributed by atoms with van der Waals surface area (Å²) >= 11 is 0. The number of hydrogen-bond acceptors (Lipinski definition) is 3. The van der Waals surface area contributed by atoms with Gasteiger partial charge < -0.3 is 14.8 Å². The monoisotopic (exact) mass is 289 g/mol. The summed E-state index contributed by atoms with van der Waals surface area (Å²) in [5.74, 6) is 1.39. The zero-order valence-corrected chi connectivity index (χ0v) is 12.7. The van der Waals surface area contributed by atoms with Crippen LogP contribution in [0.15, 0.2) is 24.3 Å². The van der Waals surface area contributed by atoms with Crippen LogP contribution in [-0.4, -0.2) is 25.7 Å². The molecule has 114 valence electrons. The normalized spacial score (nSPS) is 14.2. The Hall–Kier alpha value is -1.97. The van der Waals surface area contributed by atoms with E-state index in [-0.39, 0.29) is 5.91 Å². The van der Waals surface area contributed by atoms with Crippen molar-refractivity contribution < 1.29 is 14.3 Å². The number of rotatable bonds is 8. The zero-order chi connectivity index (χ0) is 15.1. The van der Waals surface area contributed by atoms with Crippen molar-refractivity contribution in [1.29, 1.82) is 0 Å². The summed E-state index contributed by atoms with van der Waals surface area (Å²) in [6.45, 7) is 2.81. The van der Waals surface area contributed by atoms with E-state index in [1.165, 1.54) is 0 Å². The molecule has 1 aliphatic carbocycles. The number of methoxy groups -OCH3 is 1. The number of unbranched alkanes of at least 4 members (excludes halogenated alkanes) is 1. The molecule has 4 heteroatoms. The molecule has 0 bridgehead atoms. The van der Waals surface area contributed by atoms with Gasteiger partial charge in [0.05, 0.1) is 13.7 Å². The number of hydrogen-bond donors (Lipinski definition) is 1. The van der Waals surface area contributed by atoms with Crippen molar-refractivity contribution in [2.45, 2.75) is 38.6 Å². The Kier molecular flexibility index (Phi) is 5.67. The number of carbonyl (C=O) groups excluding carboxylic acids is 1. The van der Waals surface area contributed by atoms with Gasteiger partial charge >= 0.3 is 0 Å². The summed E-state index contributed by atoms with van der Waals surface area (Å²) in [4.78, 5) is 11.6. The SMILES string of the molecule is CCCCOc1ccc(/C=C/C(=O)NC2CC2)cc1OC. The van der Waals surface area contributed by atoms with E-state index in [0.717, 1.165) is 37.0 Å². The minimum atomic E-state index is -0.0419. The summed E-state index contributed by atoms with van der Waals surface area (Å²) < 4.78 is 11.0. The van der Waals surface area contributed by atoms with Crippen LogP contribution >= 0.6 is 0 Å². The van der Waals surface area contributed by atoms with Gasteiger partial charge in [-0.05, 0) is 43.0 Å². The molecular formula is C17H23NO3. The smallest absolute Gasteiger partial charge is 0.244 e. The van der Waals surface area contributed by atoms with E-state index in [4.69, 9.17) is 9.47 Å².